The summed E-state index contributed by atoms with van der Waals surface area (Å²) < 4.78 is 0. The second-order valence-corrected chi connectivity index (χ2v) is 6.93. The van der Waals surface area contributed by atoms with E-state index in [1.165, 1.54) is 25.7 Å². The highest BCUT2D eigenvalue weighted by molar-refractivity contribution is 6.02. The van der Waals surface area contributed by atoms with Gasteiger partial charge in [-0.1, -0.05) is 26.7 Å². The maximum Gasteiger partial charge on any atom is 0.276 e. The molecule has 0 spiro atoms. The van der Waals surface area contributed by atoms with Gasteiger partial charge in [-0.2, -0.15) is 5.10 Å². The average molecular weight is 326 g/mol. The van der Waals surface area contributed by atoms with Crippen LogP contribution in [0.3, 0.4) is 0 Å². The van der Waals surface area contributed by atoms with E-state index in [2.05, 4.69) is 34.7 Å². The number of nitrogens with one attached hydrogen (secondary N) is 3. The maximum absolute atomic E-state index is 12.2. The van der Waals surface area contributed by atoms with Crippen molar-refractivity contribution < 1.29 is 4.79 Å². The predicted molar refractivity (Wildman–Crippen MR) is 97.5 cm³/mol. The van der Waals surface area contributed by atoms with Crippen molar-refractivity contribution in [2.45, 2.75) is 45.4 Å². The number of aromatic amines is 1. The molecule has 0 bridgehead atoms. The fraction of sp³-hybridized carbons (Fsp3) is 0.474. The number of amides is 1. The van der Waals surface area contributed by atoms with Crippen LogP contribution in [-0.2, 0) is 0 Å². The third kappa shape index (κ3) is 4.16. The average Bonchev–Trinajstić information content (AvgIpc) is 3.26. The highest BCUT2D eigenvalue weighted by Crippen LogP contribution is 2.25. The Morgan fingerprint density at radius 1 is 1.21 bits per heavy atom. The van der Waals surface area contributed by atoms with E-state index in [0.717, 1.165) is 29.5 Å². The first-order chi connectivity index (χ1) is 11.6. The molecule has 0 saturated heterocycles. The lowest BCUT2D eigenvalue weighted by atomic mass is 10.1. The highest BCUT2D eigenvalue weighted by atomic mass is 16.1. The molecule has 1 aliphatic rings. The summed E-state index contributed by atoms with van der Waals surface area (Å²) >= 11 is 0. The largest absolute Gasteiger partial charge is 0.385 e. The Balaban J connectivity index is 1.53. The number of hydrogen-bond acceptors (Lipinski definition) is 3. The zero-order valence-corrected chi connectivity index (χ0v) is 14.4. The standard InChI is InChI=1S/C19H26N4O/c1-13(2)17-11-18(23-22-17)19(24)21-16-9-7-15(8-10-16)20-12-14-5-3-4-6-14/h7-11,13-14,20H,3-6,12H2,1-2H3,(H,21,24)(H,22,23). The van der Waals surface area contributed by atoms with Gasteiger partial charge >= 0.3 is 0 Å². The van der Waals surface area contributed by atoms with Crippen molar-refractivity contribution in [3.63, 3.8) is 0 Å². The van der Waals surface area contributed by atoms with Crippen molar-refractivity contribution in [2.75, 3.05) is 17.2 Å². The molecule has 24 heavy (non-hydrogen) atoms. The van der Waals surface area contributed by atoms with Crippen LogP contribution in [0.5, 0.6) is 0 Å². The lowest BCUT2D eigenvalue weighted by Crippen LogP contribution is -2.13. The Morgan fingerprint density at radius 3 is 2.50 bits per heavy atom. The van der Waals surface area contributed by atoms with Gasteiger partial charge in [0.2, 0.25) is 0 Å². The summed E-state index contributed by atoms with van der Waals surface area (Å²) in [5, 5.41) is 13.3. The summed E-state index contributed by atoms with van der Waals surface area (Å²) in [6, 6.07) is 9.66. The molecular formula is C19H26N4O. The van der Waals surface area contributed by atoms with E-state index in [9.17, 15) is 4.79 Å². The van der Waals surface area contributed by atoms with Gasteiger partial charge in [-0.05, 0) is 55.0 Å². The first-order valence-electron chi connectivity index (χ1n) is 8.82. The molecule has 0 unspecified atom stereocenters. The van der Waals surface area contributed by atoms with E-state index < -0.39 is 0 Å². The number of aromatic nitrogens is 2. The number of rotatable bonds is 6. The molecule has 128 valence electrons. The minimum absolute atomic E-state index is 0.190. The van der Waals surface area contributed by atoms with Gasteiger partial charge in [0.15, 0.2) is 5.69 Å². The van der Waals surface area contributed by atoms with E-state index in [1.54, 1.807) is 6.07 Å². The first kappa shape index (κ1) is 16.6. The molecule has 1 aliphatic carbocycles. The van der Waals surface area contributed by atoms with Gasteiger partial charge in [-0.25, -0.2) is 0 Å². The van der Waals surface area contributed by atoms with Crippen LogP contribution in [0.1, 0.15) is 61.6 Å². The molecule has 2 aromatic rings. The van der Waals surface area contributed by atoms with Crippen LogP contribution in [-0.4, -0.2) is 22.6 Å². The molecule has 3 rings (SSSR count). The third-order valence-corrected chi connectivity index (χ3v) is 4.66. The van der Waals surface area contributed by atoms with Crippen LogP contribution in [0.4, 0.5) is 11.4 Å². The molecule has 1 fully saturated rings. The molecule has 1 saturated carbocycles. The van der Waals surface area contributed by atoms with Crippen LogP contribution >= 0.6 is 0 Å². The molecular weight excluding hydrogens is 300 g/mol. The lowest BCUT2D eigenvalue weighted by molar-refractivity contribution is 0.102. The monoisotopic (exact) mass is 326 g/mol. The number of carbonyl (C=O) groups is 1. The van der Waals surface area contributed by atoms with Crippen molar-refractivity contribution in [3.05, 3.63) is 41.7 Å². The Hall–Kier alpha value is -2.30. The number of anilines is 2. The fourth-order valence-electron chi connectivity index (χ4n) is 3.09. The lowest BCUT2D eigenvalue weighted by Gasteiger charge is -2.12. The van der Waals surface area contributed by atoms with Gasteiger partial charge in [0.05, 0.1) is 0 Å². The number of carbonyl (C=O) groups excluding carboxylic acids is 1. The zero-order valence-electron chi connectivity index (χ0n) is 14.4. The number of benzene rings is 1. The van der Waals surface area contributed by atoms with Crippen molar-refractivity contribution in [1.29, 1.82) is 0 Å². The fourth-order valence-corrected chi connectivity index (χ4v) is 3.09. The normalized spacial score (nSPS) is 15.0. The summed E-state index contributed by atoms with van der Waals surface area (Å²) in [5.74, 6) is 0.938. The SMILES string of the molecule is CC(C)c1cc(C(=O)Nc2ccc(NCC3CCCC3)cc2)n[nH]1. The predicted octanol–water partition coefficient (Wildman–Crippen LogP) is 4.39. The smallest absolute Gasteiger partial charge is 0.276 e. The summed E-state index contributed by atoms with van der Waals surface area (Å²) in [6.45, 7) is 5.16. The van der Waals surface area contributed by atoms with Gasteiger partial charge in [0, 0.05) is 23.6 Å². The zero-order chi connectivity index (χ0) is 16.9. The van der Waals surface area contributed by atoms with E-state index in [1.807, 2.05) is 24.3 Å². The van der Waals surface area contributed by atoms with Crippen molar-refractivity contribution in [1.82, 2.24) is 10.2 Å². The number of H-pyrrole nitrogens is 1. The van der Waals surface area contributed by atoms with E-state index >= 15 is 0 Å². The summed E-state index contributed by atoms with van der Waals surface area (Å²) in [6.07, 6.45) is 5.40. The molecule has 3 N–H and O–H groups in total. The highest BCUT2D eigenvalue weighted by Gasteiger charge is 2.14. The Kier molecular flexibility index (Phi) is 5.18. The molecule has 0 aliphatic heterocycles. The van der Waals surface area contributed by atoms with Crippen molar-refractivity contribution in [2.24, 2.45) is 5.92 Å². The molecule has 1 aromatic carbocycles. The molecule has 1 amide bonds. The molecule has 5 nitrogen and oxygen atoms in total. The minimum atomic E-state index is -0.190. The molecule has 0 radical (unpaired) electrons. The van der Waals surface area contributed by atoms with Crippen molar-refractivity contribution in [3.8, 4) is 0 Å². The molecule has 5 heteroatoms. The van der Waals surface area contributed by atoms with Gasteiger partial charge in [0.25, 0.3) is 5.91 Å². The topological polar surface area (TPSA) is 69.8 Å². The summed E-state index contributed by atoms with van der Waals surface area (Å²) in [5.41, 5.74) is 3.26. The molecule has 1 aromatic heterocycles. The summed E-state index contributed by atoms with van der Waals surface area (Å²) in [4.78, 5) is 12.2. The van der Waals surface area contributed by atoms with Crippen LogP contribution in [0.15, 0.2) is 30.3 Å². The number of hydrogen-bond donors (Lipinski definition) is 3. The van der Waals surface area contributed by atoms with Gasteiger partial charge < -0.3 is 10.6 Å². The van der Waals surface area contributed by atoms with Crippen LogP contribution in [0, 0.1) is 5.92 Å². The third-order valence-electron chi connectivity index (χ3n) is 4.66. The van der Waals surface area contributed by atoms with Gasteiger partial charge in [0.1, 0.15) is 0 Å². The Morgan fingerprint density at radius 2 is 1.88 bits per heavy atom. The van der Waals surface area contributed by atoms with E-state index in [0.29, 0.717) is 11.6 Å². The van der Waals surface area contributed by atoms with Crippen molar-refractivity contribution >= 4 is 17.3 Å². The van der Waals surface area contributed by atoms with Crippen LogP contribution < -0.4 is 10.6 Å². The molecule has 1 heterocycles. The van der Waals surface area contributed by atoms with E-state index in [-0.39, 0.29) is 5.91 Å². The first-order valence-corrected chi connectivity index (χ1v) is 8.82. The van der Waals surface area contributed by atoms with Gasteiger partial charge in [-0.15, -0.1) is 0 Å². The molecule has 0 atom stereocenters. The summed E-state index contributed by atoms with van der Waals surface area (Å²) in [7, 11) is 0. The van der Waals surface area contributed by atoms with E-state index in [4.69, 9.17) is 0 Å². The second kappa shape index (κ2) is 7.51. The Labute approximate surface area is 143 Å². The van der Waals surface area contributed by atoms with Crippen LogP contribution in [0.25, 0.3) is 0 Å². The quantitative estimate of drug-likeness (QED) is 0.737. The van der Waals surface area contributed by atoms with Gasteiger partial charge in [-0.3, -0.25) is 9.89 Å². The maximum atomic E-state index is 12.2. The Bertz CT molecular complexity index is 669. The number of nitrogens with zero attached hydrogens (tertiary/aromatic N) is 1. The minimum Gasteiger partial charge on any atom is -0.385 e. The second-order valence-electron chi connectivity index (χ2n) is 6.93. The van der Waals surface area contributed by atoms with Crippen LogP contribution in [0.2, 0.25) is 0 Å².